The van der Waals surface area contributed by atoms with Gasteiger partial charge in [0.25, 0.3) is 0 Å². The molecule has 0 radical (unpaired) electrons. The van der Waals surface area contributed by atoms with Crippen LogP contribution >= 0.6 is 0 Å². The molecule has 6 heteroatoms. The molecule has 0 atom stereocenters. The Balaban J connectivity index is 0.938. The van der Waals surface area contributed by atoms with Crippen LogP contribution in [0.3, 0.4) is 0 Å². The molecule has 0 saturated carbocycles. The largest absolute Gasteiger partial charge is 0.307 e. The van der Waals surface area contributed by atoms with Crippen LogP contribution in [-0.4, -0.2) is 19.9 Å². The van der Waals surface area contributed by atoms with E-state index in [2.05, 4.69) is 163 Å². The molecule has 52 heavy (non-hydrogen) atoms. The minimum absolute atomic E-state index is 0.981. The fourth-order valence-corrected chi connectivity index (χ4v) is 6.21. The molecule has 4 heterocycles. The second-order valence-electron chi connectivity index (χ2n) is 12.2. The summed E-state index contributed by atoms with van der Waals surface area (Å²) >= 11 is 0. The molecule has 4 aromatic carbocycles. The van der Waals surface area contributed by atoms with E-state index in [1.807, 2.05) is 49.1 Å². The molecule has 6 nitrogen and oxygen atoms in total. The molecule has 0 aliphatic carbocycles. The van der Waals surface area contributed by atoms with Gasteiger partial charge in [-0.1, -0.05) is 84.9 Å². The Morgan fingerprint density at radius 3 is 0.808 bits per heavy atom. The van der Waals surface area contributed by atoms with Gasteiger partial charge in [-0.2, -0.15) is 0 Å². The summed E-state index contributed by atoms with van der Waals surface area (Å²) in [4.78, 5) is 21.6. The number of hydrogen-bond donors (Lipinski definition) is 0. The minimum atomic E-state index is 0.981. The second kappa shape index (κ2) is 15.2. The Bertz CT molecular complexity index is 2100. The Morgan fingerprint density at radius 1 is 0.288 bits per heavy atom. The highest BCUT2D eigenvalue weighted by molar-refractivity contribution is 5.80. The highest BCUT2D eigenvalue weighted by atomic mass is 15.2. The fraction of sp³-hybridized carbons (Fsp3) is 0. The zero-order valence-electron chi connectivity index (χ0n) is 28.3. The van der Waals surface area contributed by atoms with Crippen molar-refractivity contribution in [1.82, 2.24) is 19.9 Å². The van der Waals surface area contributed by atoms with Crippen molar-refractivity contribution < 1.29 is 0 Å². The van der Waals surface area contributed by atoms with E-state index < -0.39 is 0 Å². The standard InChI is InChI=1S/C46H34N6/c1-5-43(31-47-27-1)51(44-6-2-28-48-32-44)41-23-19-39(20-24-41)37-15-11-35(12-16-37)9-10-36-13-17-38(18-14-36)40-21-25-42(26-22-40)52(45-7-3-29-49-33-45)46-8-4-30-50-34-46/h1-34H. The van der Waals surface area contributed by atoms with Gasteiger partial charge in [-0.25, -0.2) is 0 Å². The first-order valence-electron chi connectivity index (χ1n) is 17.1. The van der Waals surface area contributed by atoms with Gasteiger partial charge in [-0.3, -0.25) is 19.9 Å². The predicted octanol–water partition coefficient (Wildman–Crippen LogP) is 11.7. The summed E-state index contributed by atoms with van der Waals surface area (Å²) in [5, 5.41) is 0. The molecule has 0 unspecified atom stereocenters. The number of benzene rings is 4. The van der Waals surface area contributed by atoms with Gasteiger partial charge < -0.3 is 9.80 Å². The monoisotopic (exact) mass is 670 g/mol. The molecule has 0 spiro atoms. The van der Waals surface area contributed by atoms with Gasteiger partial charge in [0.15, 0.2) is 0 Å². The van der Waals surface area contributed by atoms with Gasteiger partial charge in [0, 0.05) is 36.2 Å². The van der Waals surface area contributed by atoms with Crippen LogP contribution < -0.4 is 9.80 Å². The van der Waals surface area contributed by atoms with Crippen LogP contribution in [0.25, 0.3) is 34.4 Å². The van der Waals surface area contributed by atoms with Crippen LogP contribution in [0.15, 0.2) is 195 Å². The van der Waals surface area contributed by atoms with Gasteiger partial charge in [0.2, 0.25) is 0 Å². The third-order valence-electron chi connectivity index (χ3n) is 8.82. The lowest BCUT2D eigenvalue weighted by atomic mass is 10.0. The summed E-state index contributed by atoms with van der Waals surface area (Å²) in [5.41, 5.74) is 12.9. The van der Waals surface area contributed by atoms with E-state index in [9.17, 15) is 0 Å². The van der Waals surface area contributed by atoms with E-state index >= 15 is 0 Å². The number of aromatic nitrogens is 4. The average Bonchev–Trinajstić information content (AvgIpc) is 3.23. The van der Waals surface area contributed by atoms with Crippen LogP contribution in [0, 0.1) is 0 Å². The van der Waals surface area contributed by atoms with Crippen molar-refractivity contribution in [2.45, 2.75) is 0 Å². The normalized spacial score (nSPS) is 11.0. The molecule has 0 amide bonds. The molecule has 0 aliphatic heterocycles. The molecule has 0 aliphatic rings. The van der Waals surface area contributed by atoms with Crippen molar-refractivity contribution in [3.8, 4) is 22.3 Å². The molecule has 8 aromatic rings. The Kier molecular flexibility index (Phi) is 9.34. The van der Waals surface area contributed by atoms with E-state index in [4.69, 9.17) is 0 Å². The third kappa shape index (κ3) is 7.22. The van der Waals surface area contributed by atoms with Crippen molar-refractivity contribution in [1.29, 1.82) is 0 Å². The van der Waals surface area contributed by atoms with Gasteiger partial charge in [0.05, 0.1) is 47.5 Å². The zero-order chi connectivity index (χ0) is 35.0. The summed E-state index contributed by atoms with van der Waals surface area (Å²) in [6, 6.07) is 50.5. The van der Waals surface area contributed by atoms with Crippen LogP contribution in [0.4, 0.5) is 34.1 Å². The van der Waals surface area contributed by atoms with E-state index in [1.165, 1.54) is 0 Å². The maximum atomic E-state index is 4.33. The minimum Gasteiger partial charge on any atom is -0.307 e. The fourth-order valence-electron chi connectivity index (χ4n) is 6.21. The summed E-state index contributed by atoms with van der Waals surface area (Å²) in [7, 11) is 0. The number of rotatable bonds is 10. The maximum absolute atomic E-state index is 4.33. The smallest absolute Gasteiger partial charge is 0.0645 e. The van der Waals surface area contributed by atoms with E-state index in [-0.39, 0.29) is 0 Å². The zero-order valence-corrected chi connectivity index (χ0v) is 28.3. The summed E-state index contributed by atoms with van der Waals surface area (Å²) in [5.74, 6) is 0. The SMILES string of the molecule is C(=Cc1ccc(-c2ccc(N(c3cccnc3)c3cccnc3)cc2)cc1)c1ccc(-c2ccc(N(c3cccnc3)c3cccnc3)cc2)cc1. The first-order valence-corrected chi connectivity index (χ1v) is 17.1. The van der Waals surface area contributed by atoms with Crippen molar-refractivity contribution >= 4 is 46.3 Å². The molecule has 0 saturated heterocycles. The van der Waals surface area contributed by atoms with Crippen molar-refractivity contribution in [2.75, 3.05) is 9.80 Å². The number of nitrogens with zero attached hydrogens (tertiary/aromatic N) is 6. The summed E-state index contributed by atoms with van der Waals surface area (Å²) < 4.78 is 0. The molecule has 0 bridgehead atoms. The molecule has 8 rings (SSSR count). The maximum Gasteiger partial charge on any atom is 0.0645 e. The molecule has 0 fully saturated rings. The van der Waals surface area contributed by atoms with Gasteiger partial charge >= 0.3 is 0 Å². The van der Waals surface area contributed by atoms with Crippen LogP contribution in [-0.2, 0) is 0 Å². The second-order valence-corrected chi connectivity index (χ2v) is 12.2. The summed E-state index contributed by atoms with van der Waals surface area (Å²) in [6.07, 6.45) is 18.9. The lowest BCUT2D eigenvalue weighted by Crippen LogP contribution is -2.10. The van der Waals surface area contributed by atoms with Crippen LogP contribution in [0.5, 0.6) is 0 Å². The number of anilines is 6. The predicted molar refractivity (Wildman–Crippen MR) is 213 cm³/mol. The lowest BCUT2D eigenvalue weighted by Gasteiger charge is -2.24. The van der Waals surface area contributed by atoms with E-state index in [1.54, 1.807) is 24.8 Å². The molecule has 248 valence electrons. The van der Waals surface area contributed by atoms with Gasteiger partial charge in [0.1, 0.15) is 0 Å². The highest BCUT2D eigenvalue weighted by Crippen LogP contribution is 2.36. The van der Waals surface area contributed by atoms with E-state index in [0.29, 0.717) is 0 Å². The van der Waals surface area contributed by atoms with Crippen molar-refractivity contribution in [3.05, 3.63) is 206 Å². The molecular weight excluding hydrogens is 637 g/mol. The highest BCUT2D eigenvalue weighted by Gasteiger charge is 2.14. The van der Waals surface area contributed by atoms with Crippen molar-refractivity contribution in [2.24, 2.45) is 0 Å². The van der Waals surface area contributed by atoms with E-state index in [0.717, 1.165) is 67.5 Å². The first-order chi connectivity index (χ1) is 25.8. The van der Waals surface area contributed by atoms with Gasteiger partial charge in [-0.05, 0) is 106 Å². The topological polar surface area (TPSA) is 58.0 Å². The summed E-state index contributed by atoms with van der Waals surface area (Å²) in [6.45, 7) is 0. The van der Waals surface area contributed by atoms with Crippen LogP contribution in [0.2, 0.25) is 0 Å². The molecular formula is C46H34N6. The molecule has 4 aromatic heterocycles. The lowest BCUT2D eigenvalue weighted by molar-refractivity contribution is 1.20. The average molecular weight is 671 g/mol. The third-order valence-corrected chi connectivity index (χ3v) is 8.82. The van der Waals surface area contributed by atoms with Gasteiger partial charge in [-0.15, -0.1) is 0 Å². The Morgan fingerprint density at radius 2 is 0.558 bits per heavy atom. The molecule has 0 N–H and O–H groups in total. The first kappa shape index (κ1) is 32.0. The van der Waals surface area contributed by atoms with Crippen LogP contribution in [0.1, 0.15) is 11.1 Å². The number of hydrogen-bond acceptors (Lipinski definition) is 6. The quantitative estimate of drug-likeness (QED) is 0.135. The van der Waals surface area contributed by atoms with Crippen molar-refractivity contribution in [3.63, 3.8) is 0 Å². The Hall–Kier alpha value is -7.18. The Labute approximate surface area is 303 Å². The number of pyridine rings is 4.